The monoisotopic (exact) mass is 462 g/mol. The van der Waals surface area contributed by atoms with E-state index in [2.05, 4.69) is 4.74 Å². The molecule has 0 aliphatic heterocycles. The van der Waals surface area contributed by atoms with Crippen molar-refractivity contribution in [2.45, 2.75) is 51.5 Å². The van der Waals surface area contributed by atoms with Gasteiger partial charge in [0.2, 0.25) is 6.04 Å². The number of carbonyl (C=O) groups is 1. The molecule has 0 aliphatic rings. The highest BCUT2D eigenvalue weighted by molar-refractivity contribution is 7.92. The van der Waals surface area contributed by atoms with Crippen LogP contribution in [-0.4, -0.2) is 33.0 Å². The molecule has 9 heteroatoms. The number of hydrogen-bond donors (Lipinski definition) is 0. The predicted octanol–water partition coefficient (Wildman–Crippen LogP) is 4.43. The number of methoxy groups -OCH3 is 1. The maximum atomic E-state index is 13.5. The molecule has 32 heavy (non-hydrogen) atoms. The van der Waals surface area contributed by atoms with Gasteiger partial charge < -0.3 is 4.74 Å². The lowest BCUT2D eigenvalue weighted by atomic mass is 10.0. The highest BCUT2D eigenvalue weighted by atomic mass is 32.2. The third-order valence-corrected chi connectivity index (χ3v) is 6.79. The summed E-state index contributed by atoms with van der Waals surface area (Å²) in [7, 11) is -2.66. The van der Waals surface area contributed by atoms with Gasteiger partial charge in [-0.3, -0.25) is 19.2 Å². The molecule has 8 nitrogen and oxygen atoms in total. The number of carbonyl (C=O) groups excluding carboxylic acids is 1. The fourth-order valence-corrected chi connectivity index (χ4v) is 5.12. The van der Waals surface area contributed by atoms with Crippen LogP contribution < -0.4 is 4.31 Å². The summed E-state index contributed by atoms with van der Waals surface area (Å²) in [4.78, 5) is 22.4. The van der Waals surface area contributed by atoms with Crippen LogP contribution in [0.3, 0.4) is 0 Å². The number of aryl methyl sites for hydroxylation is 2. The van der Waals surface area contributed by atoms with Crippen molar-refractivity contribution < 1.29 is 22.9 Å². The van der Waals surface area contributed by atoms with Gasteiger partial charge in [0.15, 0.2) is 0 Å². The number of anilines is 1. The summed E-state index contributed by atoms with van der Waals surface area (Å²) in [6.07, 6.45) is -0.134. The zero-order valence-corrected chi connectivity index (χ0v) is 19.9. The molecule has 174 valence electrons. The molecule has 0 heterocycles. The van der Waals surface area contributed by atoms with Crippen LogP contribution in [-0.2, 0) is 19.6 Å². The fraction of sp³-hybridized carbons (Fsp3) is 0.435. The Bertz CT molecular complexity index is 1040. The van der Waals surface area contributed by atoms with Gasteiger partial charge in [-0.1, -0.05) is 32.0 Å². The molecule has 0 saturated carbocycles. The summed E-state index contributed by atoms with van der Waals surface area (Å²) in [5.41, 5.74) is 2.83. The highest BCUT2D eigenvalue weighted by Crippen LogP contribution is 2.29. The van der Waals surface area contributed by atoms with E-state index in [0.717, 1.165) is 11.1 Å². The van der Waals surface area contributed by atoms with E-state index in [1.165, 1.54) is 35.7 Å². The summed E-state index contributed by atoms with van der Waals surface area (Å²) >= 11 is 0. The summed E-state index contributed by atoms with van der Waals surface area (Å²) in [5, 5.41) is 11.5. The fourth-order valence-electron chi connectivity index (χ4n) is 3.51. The van der Waals surface area contributed by atoms with Gasteiger partial charge in [-0.25, -0.2) is 8.42 Å². The minimum atomic E-state index is -3.89. The van der Waals surface area contributed by atoms with Gasteiger partial charge in [0.05, 0.1) is 24.1 Å². The van der Waals surface area contributed by atoms with Gasteiger partial charge >= 0.3 is 5.97 Å². The van der Waals surface area contributed by atoms with Crippen LogP contribution in [0.25, 0.3) is 0 Å². The number of nitrogens with zero attached hydrogens (tertiary/aromatic N) is 2. The molecule has 0 radical (unpaired) electrons. The Labute approximate surface area is 189 Å². The van der Waals surface area contributed by atoms with E-state index < -0.39 is 27.0 Å². The molecule has 0 N–H and O–H groups in total. The molecule has 0 aliphatic carbocycles. The Morgan fingerprint density at radius 3 is 2.12 bits per heavy atom. The molecule has 0 amide bonds. The Morgan fingerprint density at radius 1 is 1.09 bits per heavy atom. The Morgan fingerprint density at radius 2 is 1.66 bits per heavy atom. The number of esters is 1. The number of hydrogen-bond acceptors (Lipinski definition) is 6. The minimum absolute atomic E-state index is 0.0339. The zero-order valence-electron chi connectivity index (χ0n) is 19.1. The number of rotatable bonds is 10. The molecule has 0 bridgehead atoms. The minimum Gasteiger partial charge on any atom is -0.469 e. The van der Waals surface area contributed by atoms with Gasteiger partial charge in [0, 0.05) is 23.5 Å². The Kier molecular flexibility index (Phi) is 8.38. The molecule has 1 atom stereocenters. The van der Waals surface area contributed by atoms with Crippen LogP contribution in [0, 0.1) is 29.9 Å². The van der Waals surface area contributed by atoms with Gasteiger partial charge in [-0.05, 0) is 55.2 Å². The molecule has 2 rings (SSSR count). The lowest BCUT2D eigenvalue weighted by Crippen LogP contribution is -2.34. The van der Waals surface area contributed by atoms with Crippen molar-refractivity contribution in [1.29, 1.82) is 0 Å². The molecule has 0 saturated heterocycles. The average Bonchev–Trinajstić information content (AvgIpc) is 2.71. The standard InChI is InChI=1S/C23H30N2O6S/c1-16(2)15-24(20-13-17(3)12-18(4)14-20)32(29,30)21-8-6-19(7-9-21)22(25(27)28)10-11-23(26)31-5/h6-9,12-14,16,22H,10-11,15H2,1-5H3. The average molecular weight is 463 g/mol. The van der Waals surface area contributed by atoms with Crippen molar-refractivity contribution in [2.75, 3.05) is 18.0 Å². The number of ether oxygens (including phenoxy) is 1. The predicted molar refractivity (Wildman–Crippen MR) is 123 cm³/mol. The van der Waals surface area contributed by atoms with E-state index in [4.69, 9.17) is 0 Å². The molecular formula is C23H30N2O6S. The van der Waals surface area contributed by atoms with Gasteiger partial charge in [-0.15, -0.1) is 0 Å². The normalized spacial score (nSPS) is 12.4. The maximum Gasteiger partial charge on any atom is 0.305 e. The van der Waals surface area contributed by atoms with Crippen LogP contribution in [0.5, 0.6) is 0 Å². The van der Waals surface area contributed by atoms with E-state index in [-0.39, 0.29) is 23.7 Å². The molecule has 0 spiro atoms. The first-order valence-corrected chi connectivity index (χ1v) is 11.8. The van der Waals surface area contributed by atoms with Gasteiger partial charge in [0.25, 0.3) is 10.0 Å². The summed E-state index contributed by atoms with van der Waals surface area (Å²) in [6.45, 7) is 8.01. The quantitative estimate of drug-likeness (QED) is 0.294. The molecule has 0 aromatic heterocycles. The largest absolute Gasteiger partial charge is 0.469 e. The van der Waals surface area contributed by atoms with E-state index in [0.29, 0.717) is 17.8 Å². The topological polar surface area (TPSA) is 107 Å². The SMILES string of the molecule is COC(=O)CCC(c1ccc(S(=O)(=O)N(CC(C)C)c2cc(C)cc(C)c2)cc1)[N+](=O)[O-]. The smallest absolute Gasteiger partial charge is 0.305 e. The lowest BCUT2D eigenvalue weighted by Gasteiger charge is -2.27. The Hall–Kier alpha value is -2.94. The summed E-state index contributed by atoms with van der Waals surface area (Å²) < 4.78 is 32.9. The van der Waals surface area contributed by atoms with Crippen LogP contribution in [0.15, 0.2) is 47.4 Å². The lowest BCUT2D eigenvalue weighted by molar-refractivity contribution is -0.529. The zero-order chi connectivity index (χ0) is 24.1. The first-order valence-electron chi connectivity index (χ1n) is 10.4. The third kappa shape index (κ3) is 6.29. The van der Waals surface area contributed by atoms with E-state index in [1.54, 1.807) is 0 Å². The van der Waals surface area contributed by atoms with E-state index >= 15 is 0 Å². The maximum absolute atomic E-state index is 13.5. The molecular weight excluding hydrogens is 432 g/mol. The van der Waals surface area contributed by atoms with Crippen LogP contribution in [0.4, 0.5) is 5.69 Å². The summed E-state index contributed by atoms with van der Waals surface area (Å²) in [5.74, 6) is -0.448. The van der Waals surface area contributed by atoms with Crippen molar-refractivity contribution in [3.63, 3.8) is 0 Å². The van der Waals surface area contributed by atoms with Crippen molar-refractivity contribution in [3.05, 3.63) is 69.3 Å². The highest BCUT2D eigenvalue weighted by Gasteiger charge is 2.28. The second kappa shape index (κ2) is 10.6. The second-order valence-corrected chi connectivity index (χ2v) is 10.1. The molecule has 1 unspecified atom stereocenters. The van der Waals surface area contributed by atoms with Crippen molar-refractivity contribution >= 4 is 21.7 Å². The molecule has 2 aromatic carbocycles. The first-order chi connectivity index (χ1) is 14.9. The van der Waals surface area contributed by atoms with Crippen molar-refractivity contribution in [1.82, 2.24) is 0 Å². The van der Waals surface area contributed by atoms with E-state index in [9.17, 15) is 23.3 Å². The van der Waals surface area contributed by atoms with Crippen molar-refractivity contribution in [2.24, 2.45) is 5.92 Å². The van der Waals surface area contributed by atoms with Crippen LogP contribution in [0.2, 0.25) is 0 Å². The van der Waals surface area contributed by atoms with Crippen LogP contribution in [0.1, 0.15) is 49.4 Å². The van der Waals surface area contributed by atoms with E-state index in [1.807, 2.05) is 45.9 Å². The van der Waals surface area contributed by atoms with Gasteiger partial charge in [-0.2, -0.15) is 0 Å². The van der Waals surface area contributed by atoms with Crippen LogP contribution >= 0.6 is 0 Å². The number of sulfonamides is 1. The number of benzene rings is 2. The Balaban J connectivity index is 2.40. The van der Waals surface area contributed by atoms with Crippen molar-refractivity contribution in [3.8, 4) is 0 Å². The summed E-state index contributed by atoms with van der Waals surface area (Å²) in [6, 6.07) is 10.2. The first kappa shape index (κ1) is 25.3. The third-order valence-electron chi connectivity index (χ3n) is 4.98. The second-order valence-electron chi connectivity index (χ2n) is 8.26. The molecule has 0 fully saturated rings. The number of nitro groups is 1. The van der Waals surface area contributed by atoms with Gasteiger partial charge in [0.1, 0.15) is 0 Å². The molecule has 2 aromatic rings.